The standard InChI is InChI=1S/C15H10N4O4/c16-9-14(10-5-7-11(8-6-10)19(22)23)18-17-13-4-2-1-3-12(13)15(20)21/h1-8,14H,(H,20,21). The largest absolute Gasteiger partial charge is 0.478 e. The van der Waals surface area contributed by atoms with Crippen LogP contribution in [-0.2, 0) is 0 Å². The summed E-state index contributed by atoms with van der Waals surface area (Å²) >= 11 is 0. The Hall–Kier alpha value is -3.60. The van der Waals surface area contributed by atoms with Gasteiger partial charge in [-0.25, -0.2) is 4.79 Å². The van der Waals surface area contributed by atoms with E-state index in [9.17, 15) is 14.9 Å². The summed E-state index contributed by atoms with van der Waals surface area (Å²) < 4.78 is 0. The lowest BCUT2D eigenvalue weighted by Crippen LogP contribution is -1.96. The summed E-state index contributed by atoms with van der Waals surface area (Å²) in [7, 11) is 0. The third-order valence-electron chi connectivity index (χ3n) is 2.96. The molecule has 23 heavy (non-hydrogen) atoms. The Balaban J connectivity index is 2.28. The molecule has 0 bridgehead atoms. The van der Waals surface area contributed by atoms with Gasteiger partial charge < -0.3 is 5.11 Å². The molecule has 0 saturated heterocycles. The maximum atomic E-state index is 11.1. The van der Waals surface area contributed by atoms with Crippen LogP contribution in [0.1, 0.15) is 22.0 Å². The van der Waals surface area contributed by atoms with Gasteiger partial charge >= 0.3 is 5.97 Å². The molecule has 2 aromatic rings. The van der Waals surface area contributed by atoms with E-state index in [4.69, 9.17) is 10.4 Å². The molecule has 0 amide bonds. The van der Waals surface area contributed by atoms with Gasteiger partial charge in [-0.15, -0.1) is 0 Å². The molecule has 8 nitrogen and oxygen atoms in total. The van der Waals surface area contributed by atoms with Gasteiger partial charge in [0.05, 0.1) is 22.2 Å². The van der Waals surface area contributed by atoms with Crippen molar-refractivity contribution in [2.75, 3.05) is 0 Å². The summed E-state index contributed by atoms with van der Waals surface area (Å²) in [6.07, 6.45) is 0. The van der Waals surface area contributed by atoms with Crippen LogP contribution in [0.25, 0.3) is 0 Å². The van der Waals surface area contributed by atoms with Crippen molar-refractivity contribution < 1.29 is 14.8 Å². The number of non-ortho nitro benzene ring substituents is 1. The maximum absolute atomic E-state index is 11.1. The molecule has 1 unspecified atom stereocenters. The van der Waals surface area contributed by atoms with Crippen LogP contribution in [0.5, 0.6) is 0 Å². The number of carboxylic acid groups (broad SMARTS) is 1. The number of nitro groups is 1. The van der Waals surface area contributed by atoms with Crippen molar-refractivity contribution in [3.63, 3.8) is 0 Å². The van der Waals surface area contributed by atoms with Crippen LogP contribution < -0.4 is 0 Å². The molecule has 0 aliphatic heterocycles. The Morgan fingerprint density at radius 3 is 2.43 bits per heavy atom. The number of rotatable bonds is 5. The molecule has 2 aromatic carbocycles. The molecule has 0 aliphatic carbocycles. The van der Waals surface area contributed by atoms with Crippen molar-refractivity contribution in [1.82, 2.24) is 0 Å². The van der Waals surface area contributed by atoms with Crippen LogP contribution in [-0.4, -0.2) is 16.0 Å². The molecular formula is C15H10N4O4. The summed E-state index contributed by atoms with van der Waals surface area (Å²) in [6, 6.07) is 12.3. The second-order valence-electron chi connectivity index (χ2n) is 4.42. The molecular weight excluding hydrogens is 300 g/mol. The smallest absolute Gasteiger partial charge is 0.337 e. The number of nitriles is 1. The Kier molecular flexibility index (Phi) is 4.74. The summed E-state index contributed by atoms with van der Waals surface area (Å²) in [4.78, 5) is 21.1. The number of carboxylic acids is 1. The molecule has 0 radical (unpaired) electrons. The molecule has 114 valence electrons. The lowest BCUT2D eigenvalue weighted by molar-refractivity contribution is -0.384. The minimum absolute atomic E-state index is 0.0309. The number of carbonyl (C=O) groups is 1. The molecule has 0 heterocycles. The number of nitrogens with zero attached hydrogens (tertiary/aromatic N) is 4. The van der Waals surface area contributed by atoms with Crippen molar-refractivity contribution in [3.8, 4) is 6.07 Å². The molecule has 0 spiro atoms. The summed E-state index contributed by atoms with van der Waals surface area (Å²) in [5, 5.41) is 36.5. The quantitative estimate of drug-likeness (QED) is 0.512. The molecule has 0 aliphatic rings. The Morgan fingerprint density at radius 1 is 1.22 bits per heavy atom. The fourth-order valence-corrected chi connectivity index (χ4v) is 1.81. The first-order valence-corrected chi connectivity index (χ1v) is 6.40. The summed E-state index contributed by atoms with van der Waals surface area (Å²) in [5.74, 6) is -1.15. The van der Waals surface area contributed by atoms with E-state index in [2.05, 4.69) is 10.2 Å². The minimum Gasteiger partial charge on any atom is -0.478 e. The number of hydrogen-bond acceptors (Lipinski definition) is 6. The van der Waals surface area contributed by atoms with E-state index in [1.165, 1.54) is 36.4 Å². The van der Waals surface area contributed by atoms with Gasteiger partial charge in [-0.05, 0) is 29.8 Å². The molecule has 0 aromatic heterocycles. The SMILES string of the molecule is N#CC(N=Nc1ccccc1C(=O)O)c1ccc([N+](=O)[O-])cc1. The third kappa shape index (κ3) is 3.74. The average Bonchev–Trinajstić information content (AvgIpc) is 2.56. The van der Waals surface area contributed by atoms with E-state index in [-0.39, 0.29) is 16.9 Å². The van der Waals surface area contributed by atoms with Crippen LogP contribution in [0.3, 0.4) is 0 Å². The summed E-state index contributed by atoms with van der Waals surface area (Å²) in [5.41, 5.74) is 0.423. The first-order valence-electron chi connectivity index (χ1n) is 6.40. The Bertz CT molecular complexity index is 809. The fraction of sp³-hybridized carbons (Fsp3) is 0.0667. The van der Waals surface area contributed by atoms with E-state index in [1.54, 1.807) is 12.1 Å². The molecule has 2 rings (SSSR count). The van der Waals surface area contributed by atoms with Gasteiger partial charge in [-0.3, -0.25) is 10.1 Å². The number of aromatic carboxylic acids is 1. The zero-order chi connectivity index (χ0) is 16.8. The number of azo groups is 1. The van der Waals surface area contributed by atoms with E-state index in [0.29, 0.717) is 5.56 Å². The predicted octanol–water partition coefficient (Wildman–Crippen LogP) is 3.64. The first-order chi connectivity index (χ1) is 11.0. The first kappa shape index (κ1) is 15.8. The Labute approximate surface area is 130 Å². The second-order valence-corrected chi connectivity index (χ2v) is 4.42. The molecule has 0 saturated carbocycles. The fourth-order valence-electron chi connectivity index (χ4n) is 1.81. The molecule has 1 N–H and O–H groups in total. The van der Waals surface area contributed by atoms with Crippen molar-refractivity contribution in [2.45, 2.75) is 6.04 Å². The van der Waals surface area contributed by atoms with Gasteiger partial charge in [0.2, 0.25) is 0 Å². The lowest BCUT2D eigenvalue weighted by Gasteiger charge is -2.03. The van der Waals surface area contributed by atoms with Crippen LogP contribution in [0.15, 0.2) is 58.8 Å². The zero-order valence-corrected chi connectivity index (χ0v) is 11.7. The van der Waals surface area contributed by atoms with Gasteiger partial charge in [0.15, 0.2) is 6.04 Å². The van der Waals surface area contributed by atoms with E-state index < -0.39 is 16.9 Å². The van der Waals surface area contributed by atoms with Gasteiger partial charge in [-0.1, -0.05) is 12.1 Å². The zero-order valence-electron chi connectivity index (χ0n) is 11.7. The van der Waals surface area contributed by atoms with E-state index >= 15 is 0 Å². The van der Waals surface area contributed by atoms with E-state index in [1.807, 2.05) is 6.07 Å². The van der Waals surface area contributed by atoms with Crippen LogP contribution in [0.4, 0.5) is 11.4 Å². The van der Waals surface area contributed by atoms with E-state index in [0.717, 1.165) is 0 Å². The molecule has 1 atom stereocenters. The van der Waals surface area contributed by atoms with Crippen LogP contribution in [0, 0.1) is 21.4 Å². The van der Waals surface area contributed by atoms with Gasteiger partial charge in [0.25, 0.3) is 5.69 Å². The van der Waals surface area contributed by atoms with Crippen molar-refractivity contribution >= 4 is 17.3 Å². The van der Waals surface area contributed by atoms with Crippen molar-refractivity contribution in [3.05, 3.63) is 69.8 Å². The highest BCUT2D eigenvalue weighted by Crippen LogP contribution is 2.24. The van der Waals surface area contributed by atoms with Crippen LogP contribution >= 0.6 is 0 Å². The highest BCUT2D eigenvalue weighted by Gasteiger charge is 2.13. The number of benzene rings is 2. The second kappa shape index (κ2) is 6.91. The lowest BCUT2D eigenvalue weighted by atomic mass is 10.1. The molecule has 8 heteroatoms. The maximum Gasteiger partial charge on any atom is 0.337 e. The van der Waals surface area contributed by atoms with Crippen molar-refractivity contribution in [2.24, 2.45) is 10.2 Å². The number of nitro benzene ring substituents is 1. The number of hydrogen-bond donors (Lipinski definition) is 1. The average molecular weight is 310 g/mol. The highest BCUT2D eigenvalue weighted by molar-refractivity contribution is 5.93. The highest BCUT2D eigenvalue weighted by atomic mass is 16.6. The normalized spacial score (nSPS) is 11.8. The molecule has 0 fully saturated rings. The Morgan fingerprint density at radius 2 is 1.87 bits per heavy atom. The van der Waals surface area contributed by atoms with Crippen molar-refractivity contribution in [1.29, 1.82) is 5.26 Å². The topological polar surface area (TPSA) is 129 Å². The minimum atomic E-state index is -1.15. The van der Waals surface area contributed by atoms with Gasteiger partial charge in [-0.2, -0.15) is 15.5 Å². The monoisotopic (exact) mass is 310 g/mol. The van der Waals surface area contributed by atoms with Gasteiger partial charge in [0, 0.05) is 12.1 Å². The predicted molar refractivity (Wildman–Crippen MR) is 79.4 cm³/mol. The van der Waals surface area contributed by atoms with Crippen LogP contribution in [0.2, 0.25) is 0 Å². The summed E-state index contributed by atoms with van der Waals surface area (Å²) in [6.45, 7) is 0. The third-order valence-corrected chi connectivity index (χ3v) is 2.96. The van der Waals surface area contributed by atoms with Gasteiger partial charge in [0.1, 0.15) is 0 Å².